The van der Waals surface area contributed by atoms with E-state index in [4.69, 9.17) is 16.2 Å². The Kier molecular flexibility index (Phi) is 4.04. The summed E-state index contributed by atoms with van der Waals surface area (Å²) in [6, 6.07) is 0. The number of hydrogen-bond donors (Lipinski definition) is 1. The van der Waals surface area contributed by atoms with Gasteiger partial charge in [0.05, 0.1) is 10.0 Å². The summed E-state index contributed by atoms with van der Waals surface area (Å²) in [5, 5.41) is 0. The van der Waals surface area contributed by atoms with Gasteiger partial charge in [0, 0.05) is 0 Å². The van der Waals surface area contributed by atoms with Gasteiger partial charge in [-0.25, -0.2) is 0 Å². The summed E-state index contributed by atoms with van der Waals surface area (Å²) < 4.78 is 27.8. The molecule has 9 heavy (non-hydrogen) atoms. The van der Waals surface area contributed by atoms with Crippen LogP contribution in [0.1, 0.15) is 6.42 Å². The molecule has 0 saturated carbocycles. The first kappa shape index (κ1) is 9.68. The fraction of sp³-hybridized carbons (Fsp3) is 1.00. The average Bonchev–Trinajstić information content (AvgIpc) is 1.59. The molecule has 0 aliphatic carbocycles. The molecular formula is C3H6BrClO3S. The Bertz CT molecular complexity index is 164. The van der Waals surface area contributed by atoms with Crippen LogP contribution >= 0.6 is 27.5 Å². The van der Waals surface area contributed by atoms with Gasteiger partial charge in [0.25, 0.3) is 10.1 Å². The molecule has 0 heterocycles. The third-order valence-corrected chi connectivity index (χ3v) is 2.02. The maximum atomic E-state index is 10.0. The Morgan fingerprint density at radius 1 is 1.67 bits per heavy atom. The van der Waals surface area contributed by atoms with E-state index in [-0.39, 0.29) is 16.5 Å². The van der Waals surface area contributed by atoms with Gasteiger partial charge in [-0.05, 0) is 6.42 Å². The van der Waals surface area contributed by atoms with Crippen molar-refractivity contribution in [2.45, 2.75) is 10.7 Å². The standard InChI is InChI=1S/C3H6BrClO3S/c4-3(5)1-2-9(6,7)8/h3H,1-2H2,(H,6,7,8). The van der Waals surface area contributed by atoms with Gasteiger partial charge in [-0.1, -0.05) is 15.9 Å². The Hall–Kier alpha value is 0.680. The summed E-state index contributed by atoms with van der Waals surface area (Å²) in [6.45, 7) is 0. The maximum absolute atomic E-state index is 10.0. The summed E-state index contributed by atoms with van der Waals surface area (Å²) in [6.07, 6.45) is 0.209. The molecule has 0 aromatic carbocycles. The van der Waals surface area contributed by atoms with Crippen LogP contribution in [0.25, 0.3) is 0 Å². The minimum absolute atomic E-state index is 0.209. The van der Waals surface area contributed by atoms with E-state index in [2.05, 4.69) is 15.9 Å². The van der Waals surface area contributed by atoms with E-state index in [1.165, 1.54) is 0 Å². The molecule has 0 saturated heterocycles. The largest absolute Gasteiger partial charge is 0.286 e. The average molecular weight is 238 g/mol. The van der Waals surface area contributed by atoms with E-state index in [9.17, 15) is 8.42 Å². The van der Waals surface area contributed by atoms with Crippen LogP contribution in [0.5, 0.6) is 0 Å². The Balaban J connectivity index is 3.53. The van der Waals surface area contributed by atoms with E-state index in [0.29, 0.717) is 0 Å². The third-order valence-electron chi connectivity index (χ3n) is 0.594. The van der Waals surface area contributed by atoms with Gasteiger partial charge in [-0.3, -0.25) is 4.55 Å². The first-order valence-corrected chi connectivity index (χ1v) is 5.11. The lowest BCUT2D eigenvalue weighted by Crippen LogP contribution is -2.06. The highest BCUT2D eigenvalue weighted by molar-refractivity contribution is 9.10. The normalized spacial score (nSPS) is 15.4. The SMILES string of the molecule is O=S(=O)(O)CCC(Cl)Br. The molecule has 0 radical (unpaired) electrons. The van der Waals surface area contributed by atoms with Crippen LogP contribution in [-0.2, 0) is 10.1 Å². The molecule has 6 heteroatoms. The molecule has 1 unspecified atom stereocenters. The summed E-state index contributed by atoms with van der Waals surface area (Å²) >= 11 is 8.24. The highest BCUT2D eigenvalue weighted by Crippen LogP contribution is 2.10. The van der Waals surface area contributed by atoms with Gasteiger partial charge in [0.1, 0.15) is 0 Å². The van der Waals surface area contributed by atoms with Gasteiger partial charge in [-0.2, -0.15) is 8.42 Å². The minimum Gasteiger partial charge on any atom is -0.286 e. The second kappa shape index (κ2) is 3.75. The highest BCUT2D eigenvalue weighted by atomic mass is 79.9. The summed E-state index contributed by atoms with van der Waals surface area (Å²) in [4.78, 5) is 0. The van der Waals surface area contributed by atoms with E-state index in [1.54, 1.807) is 0 Å². The molecule has 1 atom stereocenters. The lowest BCUT2D eigenvalue weighted by molar-refractivity contribution is 0.482. The first-order chi connectivity index (χ1) is 3.92. The van der Waals surface area contributed by atoms with Crippen LogP contribution in [0.15, 0.2) is 0 Å². The van der Waals surface area contributed by atoms with Crippen molar-refractivity contribution >= 4 is 37.6 Å². The lowest BCUT2D eigenvalue weighted by atomic mass is 10.6. The van der Waals surface area contributed by atoms with Crippen molar-refractivity contribution in [1.82, 2.24) is 0 Å². The van der Waals surface area contributed by atoms with Gasteiger partial charge in [0.15, 0.2) is 0 Å². The van der Waals surface area contributed by atoms with Crippen LogP contribution in [0.4, 0.5) is 0 Å². The minimum atomic E-state index is -3.83. The number of alkyl halides is 2. The second-order valence-corrected chi connectivity index (χ2v) is 5.20. The third kappa shape index (κ3) is 8.68. The number of halogens is 2. The van der Waals surface area contributed by atoms with Crippen molar-refractivity contribution in [2.75, 3.05) is 5.75 Å². The molecule has 0 aliphatic heterocycles. The molecule has 0 spiro atoms. The summed E-state index contributed by atoms with van der Waals surface area (Å²) in [7, 11) is -3.83. The zero-order valence-electron chi connectivity index (χ0n) is 4.42. The molecule has 1 N–H and O–H groups in total. The zero-order valence-corrected chi connectivity index (χ0v) is 7.58. The second-order valence-electron chi connectivity index (χ2n) is 1.47. The van der Waals surface area contributed by atoms with Crippen molar-refractivity contribution in [3.63, 3.8) is 0 Å². The Labute approximate surface area is 67.3 Å². The first-order valence-electron chi connectivity index (χ1n) is 2.15. The van der Waals surface area contributed by atoms with Crippen LogP contribution in [0, 0.1) is 0 Å². The van der Waals surface area contributed by atoms with Gasteiger partial charge in [0.2, 0.25) is 0 Å². The van der Waals surface area contributed by atoms with Gasteiger partial charge in [-0.15, -0.1) is 11.6 Å². The van der Waals surface area contributed by atoms with Crippen molar-refractivity contribution in [1.29, 1.82) is 0 Å². The van der Waals surface area contributed by atoms with Crippen molar-refractivity contribution in [3.8, 4) is 0 Å². The molecular weight excluding hydrogens is 231 g/mol. The molecule has 0 aromatic heterocycles. The van der Waals surface area contributed by atoms with Crippen molar-refractivity contribution in [3.05, 3.63) is 0 Å². The monoisotopic (exact) mass is 236 g/mol. The van der Waals surface area contributed by atoms with Crippen molar-refractivity contribution in [2.24, 2.45) is 0 Å². The summed E-state index contributed by atoms with van der Waals surface area (Å²) in [5.74, 6) is -0.299. The van der Waals surface area contributed by atoms with Crippen molar-refractivity contribution < 1.29 is 13.0 Å². The van der Waals surface area contributed by atoms with Crippen LogP contribution < -0.4 is 0 Å². The quantitative estimate of drug-likeness (QED) is 0.593. The molecule has 0 aliphatic rings. The smallest absolute Gasteiger partial charge is 0.264 e. The van der Waals surface area contributed by atoms with Gasteiger partial charge < -0.3 is 0 Å². The number of hydrogen-bond acceptors (Lipinski definition) is 2. The zero-order chi connectivity index (χ0) is 7.49. The van der Waals surface area contributed by atoms with Gasteiger partial charge >= 0.3 is 0 Å². The molecule has 3 nitrogen and oxygen atoms in total. The van der Waals surface area contributed by atoms with Crippen LogP contribution in [0.3, 0.4) is 0 Å². The fourth-order valence-corrected chi connectivity index (χ4v) is 1.54. The number of rotatable bonds is 3. The van der Waals surface area contributed by atoms with E-state index < -0.39 is 10.1 Å². The highest BCUT2D eigenvalue weighted by Gasteiger charge is 2.06. The fourth-order valence-electron chi connectivity index (χ4n) is 0.238. The molecule has 0 rings (SSSR count). The lowest BCUT2D eigenvalue weighted by Gasteiger charge is -1.96. The van der Waals surface area contributed by atoms with Crippen LogP contribution in [-0.4, -0.2) is 23.0 Å². The predicted octanol–water partition coefficient (Wildman–Crippen LogP) is 1.22. The Morgan fingerprint density at radius 2 is 2.11 bits per heavy atom. The molecule has 0 bridgehead atoms. The van der Waals surface area contributed by atoms with Crippen LogP contribution in [0.2, 0.25) is 0 Å². The maximum Gasteiger partial charge on any atom is 0.264 e. The van der Waals surface area contributed by atoms with E-state index >= 15 is 0 Å². The Morgan fingerprint density at radius 3 is 2.22 bits per heavy atom. The van der Waals surface area contributed by atoms with E-state index in [1.807, 2.05) is 0 Å². The molecule has 0 amide bonds. The summed E-state index contributed by atoms with van der Waals surface area (Å²) in [5.41, 5.74) is 0. The van der Waals surface area contributed by atoms with E-state index in [0.717, 1.165) is 0 Å². The molecule has 0 fully saturated rings. The predicted molar refractivity (Wildman–Crippen MR) is 39.6 cm³/mol. The molecule has 56 valence electrons. The topological polar surface area (TPSA) is 54.4 Å². The molecule has 0 aromatic rings.